The van der Waals surface area contributed by atoms with Crippen molar-refractivity contribution in [2.75, 3.05) is 44.2 Å². The van der Waals surface area contributed by atoms with Gasteiger partial charge < -0.3 is 14.7 Å². The minimum absolute atomic E-state index is 0.00532. The lowest BCUT2D eigenvalue weighted by molar-refractivity contribution is -0.132. The highest BCUT2D eigenvalue weighted by molar-refractivity contribution is 5.97. The van der Waals surface area contributed by atoms with Crippen molar-refractivity contribution in [3.05, 3.63) is 90.3 Å². The van der Waals surface area contributed by atoms with Crippen molar-refractivity contribution in [3.63, 3.8) is 0 Å². The summed E-state index contributed by atoms with van der Waals surface area (Å²) in [5.41, 5.74) is 2.93. The van der Waals surface area contributed by atoms with Crippen LogP contribution >= 0.6 is 0 Å². The molecule has 35 heavy (non-hydrogen) atoms. The Labute approximate surface area is 204 Å². The van der Waals surface area contributed by atoms with Gasteiger partial charge in [0.1, 0.15) is 12.4 Å². The monoisotopic (exact) mass is 473 g/mol. The summed E-state index contributed by atoms with van der Waals surface area (Å²) in [5, 5.41) is 8.60. The number of aryl methyl sites for hydroxylation is 1. The predicted octanol–water partition coefficient (Wildman–Crippen LogP) is 3.57. The molecule has 1 aromatic heterocycles. The molecule has 7 nitrogen and oxygen atoms in total. The van der Waals surface area contributed by atoms with Crippen molar-refractivity contribution in [1.29, 1.82) is 0 Å². The zero-order valence-corrected chi connectivity index (χ0v) is 19.7. The van der Waals surface area contributed by atoms with Crippen LogP contribution in [0.2, 0.25) is 0 Å². The Balaban J connectivity index is 1.34. The first-order valence-electron chi connectivity index (χ1n) is 11.5. The SMILES string of the molecule is C=CCN(CC(=O)N1CCN(c2ccc(-c3ccc(F)cc3)nn2)CC1)C(=O)c1ccccc1C. The lowest BCUT2D eigenvalue weighted by Crippen LogP contribution is -2.52. The van der Waals surface area contributed by atoms with Crippen LogP contribution in [0.3, 0.4) is 0 Å². The smallest absolute Gasteiger partial charge is 0.254 e. The molecule has 2 amide bonds. The molecule has 0 unspecified atom stereocenters. The van der Waals surface area contributed by atoms with E-state index in [-0.39, 0.29) is 24.2 Å². The minimum atomic E-state index is -0.294. The number of piperazine rings is 1. The molecule has 0 aliphatic carbocycles. The van der Waals surface area contributed by atoms with Gasteiger partial charge >= 0.3 is 0 Å². The van der Waals surface area contributed by atoms with Gasteiger partial charge in [0.05, 0.1) is 5.69 Å². The van der Waals surface area contributed by atoms with Gasteiger partial charge in [0, 0.05) is 43.9 Å². The Hall–Kier alpha value is -4.07. The van der Waals surface area contributed by atoms with Crippen molar-refractivity contribution in [2.45, 2.75) is 6.92 Å². The van der Waals surface area contributed by atoms with E-state index in [9.17, 15) is 14.0 Å². The lowest BCUT2D eigenvalue weighted by atomic mass is 10.1. The van der Waals surface area contributed by atoms with Crippen molar-refractivity contribution in [3.8, 4) is 11.3 Å². The fourth-order valence-corrected chi connectivity index (χ4v) is 4.08. The quantitative estimate of drug-likeness (QED) is 0.491. The van der Waals surface area contributed by atoms with Gasteiger partial charge in [-0.05, 0) is 55.0 Å². The van der Waals surface area contributed by atoms with Gasteiger partial charge in [0.2, 0.25) is 5.91 Å². The minimum Gasteiger partial charge on any atom is -0.352 e. The molecule has 0 N–H and O–H groups in total. The van der Waals surface area contributed by atoms with Crippen LogP contribution in [0, 0.1) is 12.7 Å². The largest absolute Gasteiger partial charge is 0.352 e. The maximum absolute atomic E-state index is 13.1. The van der Waals surface area contributed by atoms with Crippen LogP contribution < -0.4 is 4.90 Å². The van der Waals surface area contributed by atoms with E-state index in [2.05, 4.69) is 21.7 Å². The van der Waals surface area contributed by atoms with E-state index in [1.807, 2.05) is 37.3 Å². The number of hydrogen-bond acceptors (Lipinski definition) is 5. The number of halogens is 1. The summed E-state index contributed by atoms with van der Waals surface area (Å²) < 4.78 is 13.1. The Morgan fingerprint density at radius 2 is 1.71 bits per heavy atom. The maximum Gasteiger partial charge on any atom is 0.254 e. The molecule has 0 bridgehead atoms. The molecule has 2 heterocycles. The topological polar surface area (TPSA) is 69.6 Å². The van der Waals surface area contributed by atoms with E-state index < -0.39 is 0 Å². The van der Waals surface area contributed by atoms with Crippen molar-refractivity contribution < 1.29 is 14.0 Å². The summed E-state index contributed by atoms with van der Waals surface area (Å²) >= 11 is 0. The van der Waals surface area contributed by atoms with Crippen molar-refractivity contribution >= 4 is 17.6 Å². The molecule has 1 fully saturated rings. The van der Waals surface area contributed by atoms with E-state index in [0.717, 1.165) is 16.9 Å². The molecule has 2 aromatic carbocycles. The average molecular weight is 474 g/mol. The standard InChI is InChI=1S/C27H28FN5O2/c1-3-14-33(27(35)23-7-5-4-6-20(23)2)19-26(34)32-17-15-31(16-18-32)25-13-12-24(29-30-25)21-8-10-22(28)11-9-21/h3-13H,1,14-19H2,2H3. The van der Waals surface area contributed by atoms with Crippen LogP contribution in [-0.2, 0) is 4.79 Å². The van der Waals surface area contributed by atoms with Crippen molar-refractivity contribution in [2.24, 2.45) is 0 Å². The fourth-order valence-electron chi connectivity index (χ4n) is 4.08. The molecule has 8 heteroatoms. The van der Waals surface area contributed by atoms with E-state index in [1.54, 1.807) is 29.2 Å². The molecule has 3 aromatic rings. The molecule has 1 aliphatic rings. The average Bonchev–Trinajstić information content (AvgIpc) is 2.89. The second-order valence-corrected chi connectivity index (χ2v) is 8.44. The highest BCUT2D eigenvalue weighted by Crippen LogP contribution is 2.20. The third-order valence-corrected chi connectivity index (χ3v) is 6.09. The van der Waals surface area contributed by atoms with Gasteiger partial charge in [0.25, 0.3) is 5.91 Å². The summed E-state index contributed by atoms with van der Waals surface area (Å²) in [6.07, 6.45) is 1.63. The normalized spacial score (nSPS) is 13.4. The predicted molar refractivity (Wildman–Crippen MR) is 133 cm³/mol. The fraction of sp³-hybridized carbons (Fsp3) is 0.259. The van der Waals surface area contributed by atoms with Crippen LogP contribution in [0.1, 0.15) is 15.9 Å². The maximum atomic E-state index is 13.1. The first-order valence-corrected chi connectivity index (χ1v) is 11.5. The highest BCUT2D eigenvalue weighted by Gasteiger charge is 2.26. The number of rotatable bonds is 7. The Kier molecular flexibility index (Phi) is 7.50. The van der Waals surface area contributed by atoms with Gasteiger partial charge in [0.15, 0.2) is 5.82 Å². The Morgan fingerprint density at radius 1 is 1.00 bits per heavy atom. The third kappa shape index (κ3) is 5.71. The number of carbonyl (C=O) groups excluding carboxylic acids is 2. The van der Waals surface area contributed by atoms with E-state index in [1.165, 1.54) is 17.0 Å². The summed E-state index contributed by atoms with van der Waals surface area (Å²) in [4.78, 5) is 31.4. The van der Waals surface area contributed by atoms with Gasteiger partial charge in [-0.25, -0.2) is 4.39 Å². The van der Waals surface area contributed by atoms with Crippen molar-refractivity contribution in [1.82, 2.24) is 20.0 Å². The van der Waals surface area contributed by atoms with Gasteiger partial charge in [-0.2, -0.15) is 0 Å². The Bertz CT molecular complexity index is 1190. The molecule has 180 valence electrons. The molecular weight excluding hydrogens is 445 g/mol. The van der Waals surface area contributed by atoms with Crippen LogP contribution in [0.4, 0.5) is 10.2 Å². The molecule has 0 radical (unpaired) electrons. The number of carbonyl (C=O) groups is 2. The summed E-state index contributed by atoms with van der Waals surface area (Å²) in [7, 11) is 0. The molecule has 4 rings (SSSR count). The van der Waals surface area contributed by atoms with Gasteiger partial charge in [-0.3, -0.25) is 9.59 Å². The zero-order chi connectivity index (χ0) is 24.8. The van der Waals surface area contributed by atoms with Gasteiger partial charge in [-0.15, -0.1) is 16.8 Å². The Morgan fingerprint density at radius 3 is 2.34 bits per heavy atom. The molecule has 0 spiro atoms. The number of benzene rings is 2. The van der Waals surface area contributed by atoms with Crippen LogP contribution in [0.15, 0.2) is 73.3 Å². The first kappa shape index (κ1) is 24.1. The van der Waals surface area contributed by atoms with E-state index in [0.29, 0.717) is 44.0 Å². The van der Waals surface area contributed by atoms with Crippen LogP contribution in [-0.4, -0.2) is 71.1 Å². The summed E-state index contributed by atoms with van der Waals surface area (Å²) in [6.45, 7) is 8.21. The second-order valence-electron chi connectivity index (χ2n) is 8.44. The molecular formula is C27H28FN5O2. The van der Waals surface area contributed by atoms with Gasteiger partial charge in [-0.1, -0.05) is 24.3 Å². The number of anilines is 1. The number of nitrogens with zero attached hydrogens (tertiary/aromatic N) is 5. The summed E-state index contributed by atoms with van der Waals surface area (Å²) in [6, 6.07) is 17.2. The zero-order valence-electron chi connectivity index (χ0n) is 19.7. The lowest BCUT2D eigenvalue weighted by Gasteiger charge is -2.36. The first-order chi connectivity index (χ1) is 17.0. The molecule has 1 saturated heterocycles. The summed E-state index contributed by atoms with van der Waals surface area (Å²) in [5.74, 6) is 0.168. The third-order valence-electron chi connectivity index (χ3n) is 6.09. The van der Waals surface area contributed by atoms with E-state index >= 15 is 0 Å². The van der Waals surface area contributed by atoms with Crippen LogP contribution in [0.25, 0.3) is 11.3 Å². The highest BCUT2D eigenvalue weighted by atomic mass is 19.1. The van der Waals surface area contributed by atoms with Crippen LogP contribution in [0.5, 0.6) is 0 Å². The number of hydrogen-bond donors (Lipinski definition) is 0. The molecule has 0 saturated carbocycles. The molecule has 1 aliphatic heterocycles. The molecule has 0 atom stereocenters. The second kappa shape index (κ2) is 10.9. The number of amides is 2. The van der Waals surface area contributed by atoms with E-state index in [4.69, 9.17) is 0 Å². The number of aromatic nitrogens is 2.